The van der Waals surface area contributed by atoms with E-state index in [-0.39, 0.29) is 29.7 Å². The summed E-state index contributed by atoms with van der Waals surface area (Å²) in [7, 11) is 0.683. The van der Waals surface area contributed by atoms with Crippen molar-refractivity contribution in [2.75, 3.05) is 27.3 Å². The fourth-order valence-electron chi connectivity index (χ4n) is 4.69. The van der Waals surface area contributed by atoms with Crippen LogP contribution in [0.4, 0.5) is 0 Å². The standard InChI is InChI=1S/C27H35N5O8S/c1-16(2)9-19(30-27(35)24-11-17-10-22(38-4)23(39-5)12-21(17)40-24)26(34)29-18-7-6-8-32(13-20(18)33)41(36,37)25-14-31(3)15-28-25/h10-12,14-16,18-19H,6-9,13H2,1-5H3,(H,29,34)(H,30,35)/t18?,19-/m0/s1. The predicted octanol–water partition coefficient (Wildman–Crippen LogP) is 1.87. The van der Waals surface area contributed by atoms with Crippen molar-refractivity contribution >= 4 is 38.6 Å². The zero-order valence-corrected chi connectivity index (χ0v) is 24.5. The molecule has 1 aliphatic rings. The third-order valence-corrected chi connectivity index (χ3v) is 8.53. The molecule has 0 radical (unpaired) electrons. The van der Waals surface area contributed by atoms with E-state index < -0.39 is 46.2 Å². The summed E-state index contributed by atoms with van der Waals surface area (Å²) in [6, 6.07) is 2.98. The molecule has 0 bridgehead atoms. The van der Waals surface area contributed by atoms with Crippen LogP contribution in [0.25, 0.3) is 11.0 Å². The lowest BCUT2D eigenvalue weighted by atomic mass is 10.0. The maximum Gasteiger partial charge on any atom is 0.287 e. The number of amides is 2. The third-order valence-electron chi connectivity index (χ3n) is 6.80. The smallest absolute Gasteiger partial charge is 0.287 e. The minimum absolute atomic E-state index is 0.00206. The highest BCUT2D eigenvalue weighted by Crippen LogP contribution is 2.33. The second kappa shape index (κ2) is 12.3. The van der Waals surface area contributed by atoms with Crippen molar-refractivity contribution in [1.82, 2.24) is 24.5 Å². The van der Waals surface area contributed by atoms with Gasteiger partial charge >= 0.3 is 0 Å². The van der Waals surface area contributed by atoms with Crippen molar-refractivity contribution in [2.24, 2.45) is 13.0 Å². The van der Waals surface area contributed by atoms with Gasteiger partial charge in [0, 0.05) is 31.2 Å². The van der Waals surface area contributed by atoms with Crippen LogP contribution in [0.1, 0.15) is 43.7 Å². The molecule has 14 heteroatoms. The Bertz CT molecular complexity index is 1500. The maximum absolute atomic E-state index is 13.3. The highest BCUT2D eigenvalue weighted by atomic mass is 32.2. The van der Waals surface area contributed by atoms with Gasteiger partial charge in [0.25, 0.3) is 15.9 Å². The number of carbonyl (C=O) groups excluding carboxylic acids is 3. The van der Waals surface area contributed by atoms with Crippen LogP contribution in [-0.2, 0) is 26.7 Å². The number of nitrogens with one attached hydrogen (secondary N) is 2. The molecule has 2 atom stereocenters. The molecule has 3 heterocycles. The number of hydrogen-bond acceptors (Lipinski definition) is 9. The second-order valence-electron chi connectivity index (χ2n) is 10.4. The van der Waals surface area contributed by atoms with E-state index in [1.165, 1.54) is 31.3 Å². The van der Waals surface area contributed by atoms with Gasteiger partial charge in [-0.2, -0.15) is 4.31 Å². The van der Waals surface area contributed by atoms with Crippen molar-refractivity contribution in [2.45, 2.75) is 50.2 Å². The summed E-state index contributed by atoms with van der Waals surface area (Å²) in [4.78, 5) is 43.4. The lowest BCUT2D eigenvalue weighted by Crippen LogP contribution is -2.52. The summed E-state index contributed by atoms with van der Waals surface area (Å²) in [6.07, 6.45) is 3.67. The average Bonchev–Trinajstić information content (AvgIpc) is 3.51. The van der Waals surface area contributed by atoms with Gasteiger partial charge in [0.1, 0.15) is 11.6 Å². The first kappa shape index (κ1) is 30.1. The number of Topliss-reactive ketones (excluding diaryl/α,β-unsaturated/α-hetero) is 1. The Morgan fingerprint density at radius 1 is 1.17 bits per heavy atom. The molecule has 222 valence electrons. The maximum atomic E-state index is 13.3. The molecule has 2 N–H and O–H groups in total. The molecule has 1 aromatic carbocycles. The SMILES string of the molecule is COc1cc2cc(C(=O)N[C@@H](CC(C)C)C(=O)NC3CCCN(S(=O)(=O)c4cn(C)cn4)CC3=O)oc2cc1OC. The van der Waals surface area contributed by atoms with Crippen molar-refractivity contribution in [3.05, 3.63) is 36.5 Å². The Hall–Kier alpha value is -3.91. The predicted molar refractivity (Wildman–Crippen MR) is 148 cm³/mol. The first-order chi connectivity index (χ1) is 19.4. The number of fused-ring (bicyclic) bond motifs is 1. The molecule has 4 rings (SSSR count). The highest BCUT2D eigenvalue weighted by Gasteiger charge is 2.35. The summed E-state index contributed by atoms with van der Waals surface area (Å²) in [6.45, 7) is 3.54. The summed E-state index contributed by atoms with van der Waals surface area (Å²) >= 11 is 0. The fourth-order valence-corrected chi connectivity index (χ4v) is 6.10. The fraction of sp³-hybridized carbons (Fsp3) is 0.481. The molecule has 1 saturated heterocycles. The Balaban J connectivity index is 1.46. The molecular weight excluding hydrogens is 554 g/mol. The van der Waals surface area contributed by atoms with Crippen LogP contribution >= 0.6 is 0 Å². The molecule has 2 aromatic heterocycles. The van der Waals surface area contributed by atoms with Crippen molar-refractivity contribution in [1.29, 1.82) is 0 Å². The Labute approximate surface area is 238 Å². The molecular formula is C27H35N5O8S. The van der Waals surface area contributed by atoms with E-state index >= 15 is 0 Å². The molecule has 1 fully saturated rings. The topological polar surface area (TPSA) is 162 Å². The van der Waals surface area contributed by atoms with E-state index in [0.717, 1.165) is 4.31 Å². The molecule has 2 amide bonds. The molecule has 0 aliphatic carbocycles. The van der Waals surface area contributed by atoms with Gasteiger partial charge in [-0.3, -0.25) is 14.4 Å². The van der Waals surface area contributed by atoms with Crippen LogP contribution in [0.2, 0.25) is 0 Å². The molecule has 1 unspecified atom stereocenters. The number of rotatable bonds is 10. The number of methoxy groups -OCH3 is 2. The monoisotopic (exact) mass is 589 g/mol. The lowest BCUT2D eigenvalue weighted by molar-refractivity contribution is -0.129. The largest absolute Gasteiger partial charge is 0.493 e. The third kappa shape index (κ3) is 6.70. The van der Waals surface area contributed by atoms with Crippen LogP contribution in [0, 0.1) is 5.92 Å². The summed E-state index contributed by atoms with van der Waals surface area (Å²) < 4.78 is 44.9. The molecule has 1 aliphatic heterocycles. The van der Waals surface area contributed by atoms with Crippen LogP contribution in [0.3, 0.4) is 0 Å². The summed E-state index contributed by atoms with van der Waals surface area (Å²) in [5.74, 6) is -0.616. The van der Waals surface area contributed by atoms with Gasteiger partial charge in [0.05, 0.1) is 33.1 Å². The number of hydrogen-bond donors (Lipinski definition) is 2. The van der Waals surface area contributed by atoms with Crippen molar-refractivity contribution < 1.29 is 36.7 Å². The average molecular weight is 590 g/mol. The van der Waals surface area contributed by atoms with Gasteiger partial charge in [-0.25, -0.2) is 13.4 Å². The Kier molecular flexibility index (Phi) is 9.02. The van der Waals surface area contributed by atoms with Gasteiger partial charge < -0.3 is 29.1 Å². The molecule has 0 spiro atoms. The molecule has 0 saturated carbocycles. The summed E-state index contributed by atoms with van der Waals surface area (Å²) in [5.41, 5.74) is 0.409. The second-order valence-corrected chi connectivity index (χ2v) is 12.3. The van der Waals surface area contributed by atoms with E-state index in [1.54, 1.807) is 25.2 Å². The molecule has 13 nitrogen and oxygen atoms in total. The van der Waals surface area contributed by atoms with Gasteiger partial charge in [-0.05, 0) is 37.3 Å². The number of ketones is 1. The number of benzene rings is 1. The first-order valence-electron chi connectivity index (χ1n) is 13.2. The van der Waals surface area contributed by atoms with Crippen LogP contribution in [0.5, 0.6) is 11.5 Å². The van der Waals surface area contributed by atoms with Crippen molar-refractivity contribution in [3.63, 3.8) is 0 Å². The number of carbonyl (C=O) groups is 3. The van der Waals surface area contributed by atoms with E-state index in [2.05, 4.69) is 15.6 Å². The van der Waals surface area contributed by atoms with E-state index in [1.807, 2.05) is 13.8 Å². The van der Waals surface area contributed by atoms with E-state index in [9.17, 15) is 22.8 Å². The van der Waals surface area contributed by atoms with Gasteiger partial charge in [0.2, 0.25) is 5.91 Å². The van der Waals surface area contributed by atoms with Crippen LogP contribution < -0.4 is 20.1 Å². The number of aryl methyl sites for hydroxylation is 1. The van der Waals surface area contributed by atoms with Crippen LogP contribution in [0.15, 0.2) is 40.2 Å². The number of aromatic nitrogens is 2. The normalized spacial score (nSPS) is 17.3. The Morgan fingerprint density at radius 2 is 1.88 bits per heavy atom. The minimum Gasteiger partial charge on any atom is -0.493 e. The zero-order chi connectivity index (χ0) is 29.9. The quantitative estimate of drug-likeness (QED) is 0.359. The van der Waals surface area contributed by atoms with Gasteiger partial charge in [-0.15, -0.1) is 0 Å². The van der Waals surface area contributed by atoms with E-state index in [4.69, 9.17) is 13.9 Å². The molecule has 41 heavy (non-hydrogen) atoms. The van der Waals surface area contributed by atoms with Gasteiger partial charge in [-0.1, -0.05) is 13.8 Å². The number of nitrogens with zero attached hydrogens (tertiary/aromatic N) is 3. The minimum atomic E-state index is -3.96. The van der Waals surface area contributed by atoms with Crippen LogP contribution in [-0.4, -0.2) is 79.3 Å². The Morgan fingerprint density at radius 3 is 2.51 bits per heavy atom. The number of sulfonamides is 1. The lowest BCUT2D eigenvalue weighted by Gasteiger charge is -2.23. The number of ether oxygens (including phenoxy) is 2. The van der Waals surface area contributed by atoms with Gasteiger partial charge in [0.15, 0.2) is 28.1 Å². The number of furan rings is 1. The van der Waals surface area contributed by atoms with E-state index in [0.29, 0.717) is 35.3 Å². The van der Waals surface area contributed by atoms with Crippen molar-refractivity contribution in [3.8, 4) is 11.5 Å². The first-order valence-corrected chi connectivity index (χ1v) is 14.6. The molecule has 3 aromatic rings. The zero-order valence-electron chi connectivity index (χ0n) is 23.7. The number of imidazole rings is 1. The highest BCUT2D eigenvalue weighted by molar-refractivity contribution is 7.89. The summed E-state index contributed by atoms with van der Waals surface area (Å²) in [5, 5.41) is 5.94.